The first kappa shape index (κ1) is 12.4. The van der Waals surface area contributed by atoms with Gasteiger partial charge in [-0.25, -0.2) is 14.8 Å². The number of imidazole rings is 2. The summed E-state index contributed by atoms with van der Waals surface area (Å²) >= 11 is 0. The summed E-state index contributed by atoms with van der Waals surface area (Å²) in [7, 11) is 0. The van der Waals surface area contributed by atoms with Crippen LogP contribution >= 0.6 is 0 Å². The quantitative estimate of drug-likeness (QED) is 0.529. The van der Waals surface area contributed by atoms with Crippen molar-refractivity contribution >= 4 is 40.0 Å². The number of fused-ring (bicyclic) bond motifs is 2. The Kier molecular flexibility index (Phi) is 2.59. The Morgan fingerprint density at radius 2 is 1.32 bits per heavy atom. The van der Waals surface area contributed by atoms with E-state index in [1.807, 2.05) is 48.5 Å². The average Bonchev–Trinajstić information content (AvgIpc) is 3.09. The number of nitrogens with one attached hydrogen (secondary N) is 2. The number of carbonyl (C=O) groups excluding carboxylic acids is 1. The SMILES string of the molecule is NC(=O)N(c1nc2ccccc2[nH]1)c1nc2ccccc2[nH]1. The van der Waals surface area contributed by atoms with Gasteiger partial charge in [0.05, 0.1) is 22.1 Å². The molecular weight excluding hydrogens is 280 g/mol. The first-order valence-electron chi connectivity index (χ1n) is 6.71. The molecule has 0 aliphatic carbocycles. The Balaban J connectivity index is 1.88. The van der Waals surface area contributed by atoms with Crippen molar-refractivity contribution in [2.75, 3.05) is 4.90 Å². The van der Waals surface area contributed by atoms with Crippen molar-refractivity contribution in [3.63, 3.8) is 0 Å². The highest BCUT2D eigenvalue weighted by Gasteiger charge is 2.22. The highest BCUT2D eigenvalue weighted by molar-refractivity contribution is 5.97. The summed E-state index contributed by atoms with van der Waals surface area (Å²) in [6.45, 7) is 0. The number of aromatic nitrogens is 4. The molecule has 22 heavy (non-hydrogen) atoms. The lowest BCUT2D eigenvalue weighted by molar-refractivity contribution is 0.255. The number of rotatable bonds is 2. The van der Waals surface area contributed by atoms with E-state index >= 15 is 0 Å². The van der Waals surface area contributed by atoms with Crippen LogP contribution < -0.4 is 10.6 Å². The molecule has 0 aliphatic rings. The number of aromatic amines is 2. The third-order valence-corrected chi connectivity index (χ3v) is 3.40. The number of urea groups is 1. The predicted molar refractivity (Wildman–Crippen MR) is 83.9 cm³/mol. The number of para-hydroxylation sites is 4. The highest BCUT2D eigenvalue weighted by atomic mass is 16.2. The summed E-state index contributed by atoms with van der Waals surface area (Å²) in [6, 6.07) is 14.3. The van der Waals surface area contributed by atoms with E-state index in [0.29, 0.717) is 11.9 Å². The zero-order valence-corrected chi connectivity index (χ0v) is 11.4. The Morgan fingerprint density at radius 3 is 1.73 bits per heavy atom. The summed E-state index contributed by atoms with van der Waals surface area (Å²) in [5, 5.41) is 0. The molecule has 0 saturated carbocycles. The van der Waals surface area contributed by atoms with E-state index in [2.05, 4.69) is 19.9 Å². The van der Waals surface area contributed by atoms with Crippen LogP contribution in [0.15, 0.2) is 48.5 Å². The van der Waals surface area contributed by atoms with Crippen LogP contribution in [0.5, 0.6) is 0 Å². The van der Waals surface area contributed by atoms with E-state index in [9.17, 15) is 4.79 Å². The van der Waals surface area contributed by atoms with Crippen LogP contribution in [0.2, 0.25) is 0 Å². The molecule has 0 saturated heterocycles. The molecule has 4 N–H and O–H groups in total. The van der Waals surface area contributed by atoms with Crippen molar-refractivity contribution in [3.8, 4) is 0 Å². The Bertz CT molecular complexity index is 846. The van der Waals surface area contributed by atoms with Gasteiger partial charge in [-0.2, -0.15) is 4.90 Å². The summed E-state index contributed by atoms with van der Waals surface area (Å²) in [6.07, 6.45) is 0. The maximum Gasteiger partial charge on any atom is 0.328 e. The van der Waals surface area contributed by atoms with Crippen LogP contribution in [0, 0.1) is 0 Å². The molecule has 4 rings (SSSR count). The summed E-state index contributed by atoms with van der Waals surface area (Å²) < 4.78 is 0. The fourth-order valence-electron chi connectivity index (χ4n) is 2.40. The highest BCUT2D eigenvalue weighted by Crippen LogP contribution is 2.25. The third kappa shape index (κ3) is 1.87. The van der Waals surface area contributed by atoms with E-state index in [1.54, 1.807) is 0 Å². The van der Waals surface area contributed by atoms with Gasteiger partial charge in [0.25, 0.3) is 0 Å². The molecule has 0 spiro atoms. The second-order valence-corrected chi connectivity index (χ2v) is 4.83. The van der Waals surface area contributed by atoms with Crippen LogP contribution in [0.3, 0.4) is 0 Å². The van der Waals surface area contributed by atoms with Crippen LogP contribution in [-0.4, -0.2) is 26.0 Å². The van der Waals surface area contributed by atoms with Crippen molar-refractivity contribution in [1.82, 2.24) is 19.9 Å². The first-order chi connectivity index (χ1) is 10.7. The second-order valence-electron chi connectivity index (χ2n) is 4.83. The number of nitrogens with two attached hydrogens (primary N) is 1. The Morgan fingerprint density at radius 1 is 0.864 bits per heavy atom. The van der Waals surface area contributed by atoms with Gasteiger partial charge in [0.1, 0.15) is 0 Å². The molecule has 0 radical (unpaired) electrons. The van der Waals surface area contributed by atoms with Gasteiger partial charge in [0.2, 0.25) is 11.9 Å². The number of nitrogens with zero attached hydrogens (tertiary/aromatic N) is 3. The van der Waals surface area contributed by atoms with E-state index < -0.39 is 6.03 Å². The smallest absolute Gasteiger partial charge is 0.328 e. The third-order valence-electron chi connectivity index (χ3n) is 3.40. The van der Waals surface area contributed by atoms with Crippen molar-refractivity contribution in [1.29, 1.82) is 0 Å². The molecule has 2 aromatic heterocycles. The number of benzene rings is 2. The van der Waals surface area contributed by atoms with Gasteiger partial charge < -0.3 is 15.7 Å². The molecule has 0 atom stereocenters. The predicted octanol–water partition coefficient (Wildman–Crippen LogP) is 2.66. The minimum atomic E-state index is -0.668. The molecule has 7 heteroatoms. The normalized spacial score (nSPS) is 11.1. The second kappa shape index (κ2) is 4.59. The molecule has 2 amide bonds. The lowest BCUT2D eigenvalue weighted by Crippen LogP contribution is -2.33. The van der Waals surface area contributed by atoms with Crippen LogP contribution in [0.25, 0.3) is 22.1 Å². The fourth-order valence-corrected chi connectivity index (χ4v) is 2.40. The van der Waals surface area contributed by atoms with Crippen LogP contribution in [0.1, 0.15) is 0 Å². The van der Waals surface area contributed by atoms with Crippen LogP contribution in [-0.2, 0) is 0 Å². The minimum absolute atomic E-state index is 0.327. The largest absolute Gasteiger partial charge is 0.351 e. The fraction of sp³-hybridized carbons (Fsp3) is 0. The number of H-pyrrole nitrogens is 2. The molecule has 108 valence electrons. The summed E-state index contributed by atoms with van der Waals surface area (Å²) in [5.41, 5.74) is 8.65. The number of amides is 2. The number of anilines is 2. The van der Waals surface area contributed by atoms with Gasteiger partial charge >= 0.3 is 6.03 Å². The number of primary amides is 1. The Labute approximate surface area is 124 Å². The van der Waals surface area contributed by atoms with Gasteiger partial charge in [-0.1, -0.05) is 24.3 Å². The maximum atomic E-state index is 11.9. The van der Waals surface area contributed by atoms with Crippen molar-refractivity contribution in [2.45, 2.75) is 0 Å². The number of carbonyl (C=O) groups is 1. The van der Waals surface area contributed by atoms with E-state index in [1.165, 1.54) is 4.90 Å². The zero-order valence-electron chi connectivity index (χ0n) is 11.4. The summed E-state index contributed by atoms with van der Waals surface area (Å²) in [5.74, 6) is 0.653. The van der Waals surface area contributed by atoms with E-state index in [-0.39, 0.29) is 0 Å². The van der Waals surface area contributed by atoms with Gasteiger partial charge in [0, 0.05) is 0 Å². The van der Waals surface area contributed by atoms with E-state index in [0.717, 1.165) is 22.1 Å². The van der Waals surface area contributed by atoms with Crippen molar-refractivity contribution in [2.24, 2.45) is 5.73 Å². The van der Waals surface area contributed by atoms with Gasteiger partial charge in [-0.15, -0.1) is 0 Å². The van der Waals surface area contributed by atoms with Gasteiger partial charge in [-0.3, -0.25) is 0 Å². The van der Waals surface area contributed by atoms with Gasteiger partial charge in [0.15, 0.2) is 0 Å². The van der Waals surface area contributed by atoms with E-state index in [4.69, 9.17) is 5.73 Å². The molecule has 0 unspecified atom stereocenters. The molecule has 7 nitrogen and oxygen atoms in total. The standard InChI is InChI=1S/C15H12N6O/c16-13(22)21(14-17-9-5-1-2-6-10(9)18-14)15-19-11-7-3-4-8-12(11)20-15/h1-8H,(H2,16,22)(H,17,18)(H,19,20). The van der Waals surface area contributed by atoms with Crippen molar-refractivity contribution < 1.29 is 4.79 Å². The monoisotopic (exact) mass is 292 g/mol. The molecular formula is C15H12N6O. The lowest BCUT2D eigenvalue weighted by Gasteiger charge is -2.13. The van der Waals surface area contributed by atoms with Crippen molar-refractivity contribution in [3.05, 3.63) is 48.5 Å². The molecule has 0 fully saturated rings. The molecule has 4 aromatic rings. The number of hydrogen-bond donors (Lipinski definition) is 3. The molecule has 2 heterocycles. The van der Waals surface area contributed by atoms with Crippen LogP contribution in [0.4, 0.5) is 16.7 Å². The maximum absolute atomic E-state index is 11.9. The number of hydrogen-bond acceptors (Lipinski definition) is 3. The molecule has 0 aliphatic heterocycles. The molecule has 2 aromatic carbocycles. The first-order valence-corrected chi connectivity index (χ1v) is 6.71. The minimum Gasteiger partial charge on any atom is -0.351 e. The zero-order chi connectivity index (χ0) is 15.1. The lowest BCUT2D eigenvalue weighted by atomic mass is 10.3. The van der Waals surface area contributed by atoms with Gasteiger partial charge in [-0.05, 0) is 24.3 Å². The average molecular weight is 292 g/mol. The Hall–Kier alpha value is -3.35. The summed E-state index contributed by atoms with van der Waals surface area (Å²) in [4.78, 5) is 28.0. The molecule has 0 bridgehead atoms. The topological polar surface area (TPSA) is 104 Å².